The molecule has 0 saturated carbocycles. The fraction of sp³-hybridized carbons (Fsp3) is 0.267. The summed E-state index contributed by atoms with van der Waals surface area (Å²) < 4.78 is 5.22. The molecule has 0 aliphatic carbocycles. The first kappa shape index (κ1) is 13.2. The van der Waals surface area contributed by atoms with E-state index in [0.717, 1.165) is 28.5 Å². The summed E-state index contributed by atoms with van der Waals surface area (Å²) in [5.74, 6) is 1.14. The first-order valence-corrected chi connectivity index (χ1v) is 6.18. The fourth-order valence-corrected chi connectivity index (χ4v) is 1.90. The Bertz CT molecular complexity index is 608. The molecule has 2 rings (SSSR count). The molecule has 0 radical (unpaired) electrons. The Morgan fingerprint density at radius 2 is 2.05 bits per heavy atom. The normalized spacial score (nSPS) is 10.3. The van der Waals surface area contributed by atoms with Crippen molar-refractivity contribution in [2.75, 3.05) is 7.11 Å². The molecule has 0 bridgehead atoms. The van der Waals surface area contributed by atoms with E-state index in [-0.39, 0.29) is 5.91 Å². The lowest BCUT2D eigenvalue weighted by atomic mass is 10.0. The number of methoxy groups -OCH3 is 1. The molecule has 0 aliphatic rings. The van der Waals surface area contributed by atoms with Crippen molar-refractivity contribution in [3.63, 3.8) is 0 Å². The van der Waals surface area contributed by atoms with Gasteiger partial charge >= 0.3 is 0 Å². The number of amides is 1. The number of fused-ring (bicyclic) bond motifs is 1. The van der Waals surface area contributed by atoms with Crippen LogP contribution in [0.25, 0.3) is 10.8 Å². The molecule has 19 heavy (non-hydrogen) atoms. The molecule has 100 valence electrons. The Morgan fingerprint density at radius 3 is 2.68 bits per heavy atom. The van der Waals surface area contributed by atoms with Gasteiger partial charge in [-0.15, -0.1) is 0 Å². The third-order valence-electron chi connectivity index (χ3n) is 2.90. The first-order chi connectivity index (χ1) is 9.13. The number of aryl methyl sites for hydroxylation is 1. The highest BCUT2D eigenvalue weighted by Gasteiger charge is 2.07. The van der Waals surface area contributed by atoms with Crippen molar-refractivity contribution < 1.29 is 14.4 Å². The molecule has 0 unspecified atom stereocenters. The molecular formula is C15H17NO3. The highest BCUT2D eigenvalue weighted by Crippen LogP contribution is 2.30. The van der Waals surface area contributed by atoms with Crippen LogP contribution in [0.1, 0.15) is 19.4 Å². The summed E-state index contributed by atoms with van der Waals surface area (Å²) in [5.41, 5.74) is 3.51. The Labute approximate surface area is 112 Å². The van der Waals surface area contributed by atoms with E-state index in [0.29, 0.717) is 5.75 Å². The second kappa shape index (κ2) is 5.61. The summed E-state index contributed by atoms with van der Waals surface area (Å²) in [4.78, 5) is 16.3. The van der Waals surface area contributed by atoms with Crippen molar-refractivity contribution in [1.29, 1.82) is 0 Å². The molecule has 2 aromatic rings. The van der Waals surface area contributed by atoms with Gasteiger partial charge in [0, 0.05) is 12.3 Å². The lowest BCUT2D eigenvalue weighted by molar-refractivity contribution is -0.125. The molecule has 0 aromatic heterocycles. The smallest absolute Gasteiger partial charge is 0.249 e. The lowest BCUT2D eigenvalue weighted by Crippen LogP contribution is -2.23. The number of ether oxygens (including phenoxy) is 1. The van der Waals surface area contributed by atoms with Crippen LogP contribution in [-0.4, -0.2) is 13.0 Å². The van der Waals surface area contributed by atoms with Crippen molar-refractivity contribution in [2.45, 2.75) is 20.3 Å². The van der Waals surface area contributed by atoms with Gasteiger partial charge in [0.05, 0.1) is 7.11 Å². The van der Waals surface area contributed by atoms with Crippen LogP contribution in [0.3, 0.4) is 0 Å². The van der Waals surface area contributed by atoms with Gasteiger partial charge in [0.15, 0.2) is 5.75 Å². The van der Waals surface area contributed by atoms with E-state index in [9.17, 15) is 4.79 Å². The van der Waals surface area contributed by atoms with E-state index in [2.05, 4.69) is 18.5 Å². The van der Waals surface area contributed by atoms with Gasteiger partial charge in [-0.3, -0.25) is 4.79 Å². The third kappa shape index (κ3) is 2.96. The molecule has 1 N–H and O–H groups in total. The van der Waals surface area contributed by atoms with Crippen molar-refractivity contribution in [1.82, 2.24) is 5.48 Å². The molecule has 0 atom stereocenters. The van der Waals surface area contributed by atoms with Crippen LogP contribution < -0.4 is 15.1 Å². The Balaban J connectivity index is 2.52. The zero-order valence-electron chi connectivity index (χ0n) is 11.3. The Hall–Kier alpha value is -2.23. The zero-order chi connectivity index (χ0) is 13.8. The number of rotatable bonds is 4. The van der Waals surface area contributed by atoms with Crippen LogP contribution in [-0.2, 0) is 11.2 Å². The second-order valence-electron chi connectivity index (χ2n) is 4.29. The van der Waals surface area contributed by atoms with Crippen molar-refractivity contribution in [2.24, 2.45) is 0 Å². The molecule has 0 saturated heterocycles. The van der Waals surface area contributed by atoms with E-state index in [1.54, 1.807) is 7.11 Å². The van der Waals surface area contributed by atoms with Gasteiger partial charge in [-0.2, -0.15) is 5.48 Å². The topological polar surface area (TPSA) is 47.6 Å². The minimum absolute atomic E-state index is 0.238. The lowest BCUT2D eigenvalue weighted by Gasteiger charge is -2.11. The largest absolute Gasteiger partial charge is 0.497 e. The predicted octanol–water partition coefficient (Wildman–Crippen LogP) is 2.84. The summed E-state index contributed by atoms with van der Waals surface area (Å²) in [6, 6.07) is 9.82. The molecule has 2 aromatic carbocycles. The minimum Gasteiger partial charge on any atom is -0.497 e. The number of hydrogen-bond acceptors (Lipinski definition) is 3. The van der Waals surface area contributed by atoms with Crippen LogP contribution in [0, 0.1) is 0 Å². The number of nitrogens with one attached hydrogen (secondary N) is 1. The average molecular weight is 259 g/mol. The molecule has 4 nitrogen and oxygen atoms in total. The maximum atomic E-state index is 11.0. The van der Waals surface area contributed by atoms with Gasteiger partial charge in [0.1, 0.15) is 5.75 Å². The predicted molar refractivity (Wildman–Crippen MR) is 74.3 cm³/mol. The van der Waals surface area contributed by atoms with Crippen molar-refractivity contribution in [3.05, 3.63) is 35.9 Å². The molecule has 0 aliphatic heterocycles. The number of benzene rings is 2. The molecule has 0 spiro atoms. The van der Waals surface area contributed by atoms with Crippen LogP contribution >= 0.6 is 0 Å². The highest BCUT2D eigenvalue weighted by molar-refractivity contribution is 5.90. The monoisotopic (exact) mass is 259 g/mol. The summed E-state index contributed by atoms with van der Waals surface area (Å²) in [5, 5.41) is 1.96. The number of carbonyl (C=O) groups is 1. The average Bonchev–Trinajstić information content (AvgIpc) is 2.43. The van der Waals surface area contributed by atoms with Gasteiger partial charge < -0.3 is 9.57 Å². The van der Waals surface area contributed by atoms with Gasteiger partial charge in [-0.25, -0.2) is 0 Å². The molecule has 4 heteroatoms. The van der Waals surface area contributed by atoms with Crippen LogP contribution in [0.15, 0.2) is 30.3 Å². The van der Waals surface area contributed by atoms with E-state index in [1.165, 1.54) is 6.92 Å². The Kier molecular flexibility index (Phi) is 3.90. The molecule has 1 amide bonds. The molecule has 0 fully saturated rings. The minimum atomic E-state index is -0.238. The number of hydroxylamine groups is 1. The van der Waals surface area contributed by atoms with Crippen molar-refractivity contribution >= 4 is 16.7 Å². The number of hydrogen-bond donors (Lipinski definition) is 1. The van der Waals surface area contributed by atoms with E-state index in [1.807, 2.05) is 24.3 Å². The maximum absolute atomic E-state index is 11.0. The van der Waals surface area contributed by atoms with Gasteiger partial charge in [-0.05, 0) is 35.6 Å². The standard InChI is InChI=1S/C15H17NO3/c1-4-11-7-12-5-6-13(18-3)9-14(12)15(8-11)19-16-10(2)17/h5-9H,4H2,1-3H3,(H,16,17). The molecular weight excluding hydrogens is 242 g/mol. The van der Waals surface area contributed by atoms with E-state index >= 15 is 0 Å². The van der Waals surface area contributed by atoms with Gasteiger partial charge in [0.25, 0.3) is 0 Å². The zero-order valence-corrected chi connectivity index (χ0v) is 11.3. The van der Waals surface area contributed by atoms with Crippen LogP contribution in [0.2, 0.25) is 0 Å². The van der Waals surface area contributed by atoms with Gasteiger partial charge in [0.2, 0.25) is 5.91 Å². The summed E-state index contributed by atoms with van der Waals surface area (Å²) in [6.45, 7) is 3.49. The van der Waals surface area contributed by atoms with E-state index < -0.39 is 0 Å². The van der Waals surface area contributed by atoms with E-state index in [4.69, 9.17) is 9.57 Å². The SMILES string of the molecule is CCc1cc(ONC(C)=O)c2cc(OC)ccc2c1. The molecule has 0 heterocycles. The van der Waals surface area contributed by atoms with Crippen molar-refractivity contribution in [3.8, 4) is 11.5 Å². The summed E-state index contributed by atoms with van der Waals surface area (Å²) >= 11 is 0. The Morgan fingerprint density at radius 1 is 1.26 bits per heavy atom. The van der Waals surface area contributed by atoms with Crippen LogP contribution in [0.5, 0.6) is 11.5 Å². The third-order valence-corrected chi connectivity index (χ3v) is 2.90. The summed E-state index contributed by atoms with van der Waals surface area (Å²) in [6.07, 6.45) is 0.901. The summed E-state index contributed by atoms with van der Waals surface area (Å²) in [7, 11) is 1.62. The number of carbonyl (C=O) groups excluding carboxylic acids is 1. The second-order valence-corrected chi connectivity index (χ2v) is 4.29. The highest BCUT2D eigenvalue weighted by atomic mass is 16.7. The van der Waals surface area contributed by atoms with Gasteiger partial charge in [-0.1, -0.05) is 19.1 Å². The quantitative estimate of drug-likeness (QED) is 0.859. The van der Waals surface area contributed by atoms with Crippen LogP contribution in [0.4, 0.5) is 0 Å². The fourth-order valence-electron chi connectivity index (χ4n) is 1.90. The first-order valence-electron chi connectivity index (χ1n) is 6.18. The maximum Gasteiger partial charge on any atom is 0.249 e.